The van der Waals surface area contributed by atoms with Crippen LogP contribution in [-0.4, -0.2) is 38.0 Å². The first-order valence-electron chi connectivity index (χ1n) is 7.59. The van der Waals surface area contributed by atoms with E-state index in [2.05, 4.69) is 20.2 Å². The molecule has 1 aliphatic heterocycles. The lowest BCUT2D eigenvalue weighted by Crippen LogP contribution is -2.49. The normalized spacial score (nSPS) is 18.7. The first-order valence-corrected chi connectivity index (χ1v) is 7.59. The lowest BCUT2D eigenvalue weighted by atomic mass is 9.99. The van der Waals surface area contributed by atoms with E-state index >= 15 is 0 Å². The predicted octanol–water partition coefficient (Wildman–Crippen LogP) is 0.587. The second-order valence-corrected chi connectivity index (χ2v) is 6.09. The molecule has 0 aromatic carbocycles. The molecule has 3 heterocycles. The summed E-state index contributed by atoms with van der Waals surface area (Å²) in [5, 5.41) is 11.7. The number of H-pyrrole nitrogens is 1. The fourth-order valence-electron chi connectivity index (χ4n) is 3.42. The standard InChI is InChI=1S/C15H19N5O/c21-15-5-2-6-16-20(15)9-11-7-19(8-11)10-14-12-3-1-4-13(12)17-18-14/h2,5-6,11H,1,3-4,7-10H2,(H,17,18). The van der Waals surface area contributed by atoms with Crippen LogP contribution in [0.2, 0.25) is 0 Å². The number of nitrogens with zero attached hydrogens (tertiary/aromatic N) is 4. The molecule has 2 aromatic rings. The van der Waals surface area contributed by atoms with Gasteiger partial charge in [-0.05, 0) is 30.9 Å². The summed E-state index contributed by atoms with van der Waals surface area (Å²) in [4.78, 5) is 14.0. The van der Waals surface area contributed by atoms with E-state index < -0.39 is 0 Å². The lowest BCUT2D eigenvalue weighted by Gasteiger charge is -2.38. The van der Waals surface area contributed by atoms with Crippen molar-refractivity contribution in [1.29, 1.82) is 0 Å². The third kappa shape index (κ3) is 2.40. The Bertz CT molecular complexity index is 698. The SMILES string of the molecule is O=c1cccnn1CC1CN(Cc2n[nH]c3c2CCC3)C1. The van der Waals surface area contributed by atoms with Gasteiger partial charge < -0.3 is 0 Å². The molecule has 0 atom stereocenters. The highest BCUT2D eigenvalue weighted by Crippen LogP contribution is 2.26. The van der Waals surface area contributed by atoms with Gasteiger partial charge in [-0.3, -0.25) is 14.8 Å². The van der Waals surface area contributed by atoms with Crippen LogP contribution in [0.25, 0.3) is 0 Å². The molecular formula is C15H19N5O. The van der Waals surface area contributed by atoms with Crippen molar-refractivity contribution in [3.8, 4) is 0 Å². The number of fused-ring (bicyclic) bond motifs is 1. The van der Waals surface area contributed by atoms with Crippen LogP contribution in [0.4, 0.5) is 0 Å². The van der Waals surface area contributed by atoms with Crippen LogP contribution in [0.5, 0.6) is 0 Å². The number of hydrogen-bond acceptors (Lipinski definition) is 4. The molecule has 0 bridgehead atoms. The zero-order valence-corrected chi connectivity index (χ0v) is 12.0. The summed E-state index contributed by atoms with van der Waals surface area (Å²) in [6.07, 6.45) is 5.24. The van der Waals surface area contributed by atoms with Crippen molar-refractivity contribution in [1.82, 2.24) is 24.9 Å². The smallest absolute Gasteiger partial charge is 0.266 e. The van der Waals surface area contributed by atoms with Gasteiger partial charge in [-0.15, -0.1) is 0 Å². The Hall–Kier alpha value is -1.95. The third-order valence-electron chi connectivity index (χ3n) is 4.51. The van der Waals surface area contributed by atoms with Gasteiger partial charge in [0.25, 0.3) is 5.56 Å². The summed E-state index contributed by atoms with van der Waals surface area (Å²) in [5.41, 5.74) is 3.98. The molecule has 110 valence electrons. The largest absolute Gasteiger partial charge is 0.297 e. The quantitative estimate of drug-likeness (QED) is 0.892. The minimum atomic E-state index is -0.0129. The maximum absolute atomic E-state index is 11.6. The van der Waals surface area contributed by atoms with E-state index in [1.165, 1.54) is 29.8 Å². The van der Waals surface area contributed by atoms with Crippen LogP contribution >= 0.6 is 0 Å². The van der Waals surface area contributed by atoms with Crippen molar-refractivity contribution in [2.45, 2.75) is 32.4 Å². The molecule has 1 saturated heterocycles. The molecule has 0 unspecified atom stereocenters. The predicted molar refractivity (Wildman–Crippen MR) is 77.9 cm³/mol. The van der Waals surface area contributed by atoms with Crippen LogP contribution in [0.3, 0.4) is 0 Å². The van der Waals surface area contributed by atoms with Crippen LogP contribution in [0.1, 0.15) is 23.4 Å². The molecular weight excluding hydrogens is 266 g/mol. The Kier molecular flexibility index (Phi) is 3.11. The maximum Gasteiger partial charge on any atom is 0.266 e. The van der Waals surface area contributed by atoms with E-state index in [1.807, 2.05) is 0 Å². The molecule has 6 heteroatoms. The van der Waals surface area contributed by atoms with E-state index in [1.54, 1.807) is 23.0 Å². The molecule has 1 fully saturated rings. The number of aromatic nitrogens is 4. The van der Waals surface area contributed by atoms with E-state index in [-0.39, 0.29) is 5.56 Å². The summed E-state index contributed by atoms with van der Waals surface area (Å²) in [7, 11) is 0. The van der Waals surface area contributed by atoms with Crippen molar-refractivity contribution in [3.63, 3.8) is 0 Å². The molecule has 0 saturated carbocycles. The summed E-state index contributed by atoms with van der Waals surface area (Å²) in [5.74, 6) is 0.518. The van der Waals surface area contributed by atoms with Crippen LogP contribution in [0.15, 0.2) is 23.1 Å². The topological polar surface area (TPSA) is 66.8 Å². The maximum atomic E-state index is 11.6. The Morgan fingerprint density at radius 2 is 2.24 bits per heavy atom. The molecule has 0 radical (unpaired) electrons. The average Bonchev–Trinajstić information content (AvgIpc) is 3.03. The summed E-state index contributed by atoms with van der Waals surface area (Å²) in [6, 6.07) is 3.25. The highest BCUT2D eigenvalue weighted by molar-refractivity contribution is 5.29. The van der Waals surface area contributed by atoms with Gasteiger partial charge >= 0.3 is 0 Å². The molecule has 4 rings (SSSR count). The third-order valence-corrected chi connectivity index (χ3v) is 4.51. The molecule has 0 amide bonds. The van der Waals surface area contributed by atoms with Gasteiger partial charge in [0.15, 0.2) is 0 Å². The van der Waals surface area contributed by atoms with Gasteiger partial charge in [-0.1, -0.05) is 0 Å². The summed E-state index contributed by atoms with van der Waals surface area (Å²) >= 11 is 0. The zero-order chi connectivity index (χ0) is 14.2. The molecule has 21 heavy (non-hydrogen) atoms. The Morgan fingerprint density at radius 3 is 3.10 bits per heavy atom. The van der Waals surface area contributed by atoms with Crippen LogP contribution < -0.4 is 5.56 Å². The molecule has 1 N–H and O–H groups in total. The number of aryl methyl sites for hydroxylation is 1. The van der Waals surface area contributed by atoms with Gasteiger partial charge in [0.05, 0.1) is 12.2 Å². The second-order valence-electron chi connectivity index (χ2n) is 6.09. The molecule has 6 nitrogen and oxygen atoms in total. The number of rotatable bonds is 4. The van der Waals surface area contributed by atoms with E-state index in [0.29, 0.717) is 5.92 Å². The lowest BCUT2D eigenvalue weighted by molar-refractivity contribution is 0.0751. The van der Waals surface area contributed by atoms with E-state index in [4.69, 9.17) is 0 Å². The Morgan fingerprint density at radius 1 is 1.33 bits per heavy atom. The highest BCUT2D eigenvalue weighted by Gasteiger charge is 2.29. The molecule has 0 spiro atoms. The molecule has 2 aliphatic rings. The Labute approximate surface area is 122 Å². The van der Waals surface area contributed by atoms with Crippen molar-refractivity contribution in [3.05, 3.63) is 45.6 Å². The molecule has 2 aromatic heterocycles. The zero-order valence-electron chi connectivity index (χ0n) is 12.0. The minimum Gasteiger partial charge on any atom is -0.297 e. The van der Waals surface area contributed by atoms with E-state index in [0.717, 1.165) is 32.6 Å². The average molecular weight is 285 g/mol. The highest BCUT2D eigenvalue weighted by atomic mass is 16.1. The molecule has 1 aliphatic carbocycles. The Balaban J connectivity index is 1.33. The van der Waals surface area contributed by atoms with E-state index in [9.17, 15) is 4.79 Å². The van der Waals surface area contributed by atoms with Gasteiger partial charge in [-0.25, -0.2) is 4.68 Å². The fraction of sp³-hybridized carbons (Fsp3) is 0.533. The summed E-state index contributed by atoms with van der Waals surface area (Å²) < 4.78 is 1.56. The number of hydrogen-bond donors (Lipinski definition) is 1. The fourth-order valence-corrected chi connectivity index (χ4v) is 3.42. The van der Waals surface area contributed by atoms with Crippen molar-refractivity contribution in [2.75, 3.05) is 13.1 Å². The van der Waals surface area contributed by atoms with Crippen LogP contribution in [-0.2, 0) is 25.9 Å². The van der Waals surface area contributed by atoms with Gasteiger partial charge in [0, 0.05) is 43.5 Å². The van der Waals surface area contributed by atoms with Crippen molar-refractivity contribution < 1.29 is 0 Å². The second kappa shape index (κ2) is 5.11. The van der Waals surface area contributed by atoms with Crippen molar-refractivity contribution >= 4 is 0 Å². The van der Waals surface area contributed by atoms with Crippen LogP contribution in [0, 0.1) is 5.92 Å². The van der Waals surface area contributed by atoms with Gasteiger partial charge in [0.2, 0.25) is 0 Å². The van der Waals surface area contributed by atoms with Gasteiger partial charge in [0.1, 0.15) is 0 Å². The number of likely N-dealkylation sites (tertiary alicyclic amines) is 1. The van der Waals surface area contributed by atoms with Crippen molar-refractivity contribution in [2.24, 2.45) is 5.92 Å². The first-order chi connectivity index (χ1) is 10.3. The summed E-state index contributed by atoms with van der Waals surface area (Å²) in [6.45, 7) is 3.68. The number of nitrogens with one attached hydrogen (secondary N) is 1. The monoisotopic (exact) mass is 285 g/mol. The number of aromatic amines is 1. The van der Waals surface area contributed by atoms with Gasteiger partial charge in [-0.2, -0.15) is 10.2 Å². The first kappa shape index (κ1) is 12.8. The minimum absolute atomic E-state index is 0.0129.